The van der Waals surface area contributed by atoms with Gasteiger partial charge in [0.1, 0.15) is 0 Å². The molecule has 122 valence electrons. The van der Waals surface area contributed by atoms with Crippen molar-refractivity contribution in [2.75, 3.05) is 5.75 Å². The minimum atomic E-state index is -0.0224. The van der Waals surface area contributed by atoms with Gasteiger partial charge < -0.3 is 10.1 Å². The fourth-order valence-electron chi connectivity index (χ4n) is 2.74. The summed E-state index contributed by atoms with van der Waals surface area (Å²) >= 11 is 1.37. The number of amides is 1. The first-order valence-corrected chi connectivity index (χ1v) is 9.02. The lowest BCUT2D eigenvalue weighted by atomic mass is 9.98. The van der Waals surface area contributed by atoms with Crippen LogP contribution in [-0.2, 0) is 16.1 Å². The molecule has 23 heavy (non-hydrogen) atoms. The fraction of sp³-hybridized carbons (Fsp3) is 0.471. The summed E-state index contributed by atoms with van der Waals surface area (Å²) in [6.45, 7) is 0.646. The molecule has 0 atom stereocenters. The van der Waals surface area contributed by atoms with Crippen LogP contribution in [0.2, 0.25) is 0 Å². The van der Waals surface area contributed by atoms with E-state index in [2.05, 4.69) is 27.7 Å². The summed E-state index contributed by atoms with van der Waals surface area (Å²) in [4.78, 5) is 11.1. The zero-order valence-corrected chi connectivity index (χ0v) is 13.8. The van der Waals surface area contributed by atoms with Crippen LogP contribution < -0.4 is 5.32 Å². The van der Waals surface area contributed by atoms with E-state index in [9.17, 15) is 4.79 Å². The molecule has 1 amide bonds. The molecule has 2 fully saturated rings. The normalized spacial score (nSPS) is 21.2. The van der Waals surface area contributed by atoms with E-state index in [1.165, 1.54) is 43.9 Å². The van der Waals surface area contributed by atoms with Crippen molar-refractivity contribution in [1.82, 2.24) is 5.32 Å². The summed E-state index contributed by atoms with van der Waals surface area (Å²) in [5, 5.41) is 11.2. The molecule has 0 aromatic heterocycles. The molecule has 1 aromatic carbocycles. The maximum Gasteiger partial charge on any atom is 0.236 e. The first kappa shape index (κ1) is 16.2. The van der Waals surface area contributed by atoms with Gasteiger partial charge >= 0.3 is 0 Å². The zero-order chi connectivity index (χ0) is 15.9. The second-order valence-electron chi connectivity index (χ2n) is 5.80. The molecule has 0 unspecified atom stereocenters. The number of nitrogens with zero attached hydrogens (tertiary/aromatic N) is 2. The molecule has 1 aliphatic heterocycles. The molecule has 1 aliphatic carbocycles. The van der Waals surface area contributed by atoms with E-state index in [0.29, 0.717) is 23.6 Å². The second kappa shape index (κ2) is 8.26. The van der Waals surface area contributed by atoms with Crippen LogP contribution in [0, 0.1) is 0 Å². The number of amidine groups is 1. The number of nitrogens with one attached hydrogen (secondary N) is 1. The first-order chi connectivity index (χ1) is 11.3. The van der Waals surface area contributed by atoms with Gasteiger partial charge in [-0.1, -0.05) is 49.2 Å². The molecule has 1 saturated carbocycles. The minimum Gasteiger partial charge on any atom is -0.374 e. The van der Waals surface area contributed by atoms with E-state index in [1.807, 2.05) is 12.1 Å². The van der Waals surface area contributed by atoms with Gasteiger partial charge in [0.05, 0.1) is 24.7 Å². The second-order valence-corrected chi connectivity index (χ2v) is 6.77. The predicted molar refractivity (Wildman–Crippen MR) is 93.7 cm³/mol. The lowest BCUT2D eigenvalue weighted by Crippen LogP contribution is -2.19. The number of hydrogen-bond acceptors (Lipinski definition) is 5. The van der Waals surface area contributed by atoms with Crippen LogP contribution in [0.5, 0.6) is 0 Å². The van der Waals surface area contributed by atoms with Crippen molar-refractivity contribution in [3.63, 3.8) is 0 Å². The van der Waals surface area contributed by atoms with Gasteiger partial charge in [-0.25, -0.2) is 0 Å². The third-order valence-corrected chi connectivity index (χ3v) is 4.79. The Kier molecular flexibility index (Phi) is 5.82. The molecule has 1 N–H and O–H groups in total. The summed E-state index contributed by atoms with van der Waals surface area (Å²) in [5.74, 6) is 0.397. The third kappa shape index (κ3) is 5.18. The molecule has 0 bridgehead atoms. The number of carbonyl (C=O) groups is 1. The first-order valence-electron chi connectivity index (χ1n) is 8.04. The smallest absolute Gasteiger partial charge is 0.236 e. The minimum absolute atomic E-state index is 0.0224. The molecule has 3 rings (SSSR count). The van der Waals surface area contributed by atoms with Crippen LogP contribution in [-0.4, -0.2) is 29.1 Å². The highest BCUT2D eigenvalue weighted by Gasteiger charge is 2.16. The number of benzene rings is 1. The number of rotatable bonds is 5. The molecule has 6 heteroatoms. The molecule has 5 nitrogen and oxygen atoms in total. The summed E-state index contributed by atoms with van der Waals surface area (Å²) in [7, 11) is 0. The fourth-order valence-corrected chi connectivity index (χ4v) is 3.37. The summed E-state index contributed by atoms with van der Waals surface area (Å²) in [5.41, 5.74) is 2.13. The van der Waals surface area contributed by atoms with Crippen molar-refractivity contribution in [2.45, 2.75) is 44.8 Å². The molecule has 1 aromatic rings. The van der Waals surface area contributed by atoms with E-state index in [1.54, 1.807) is 6.21 Å². The van der Waals surface area contributed by atoms with Gasteiger partial charge in [-0.15, -0.1) is 5.10 Å². The third-order valence-electron chi connectivity index (χ3n) is 3.93. The molecule has 2 aliphatic rings. The Bertz CT molecular complexity index is 610. The van der Waals surface area contributed by atoms with Crippen molar-refractivity contribution in [2.24, 2.45) is 10.2 Å². The Balaban J connectivity index is 1.53. The SMILES string of the molecule is O=C1CSC(=NN=Cc2cccc(COC3CCCCC3)c2)N1. The number of hydrogen-bond donors (Lipinski definition) is 1. The Morgan fingerprint density at radius 2 is 2.17 bits per heavy atom. The van der Waals surface area contributed by atoms with E-state index in [0.717, 1.165) is 11.1 Å². The number of thioether (sulfide) groups is 1. The maximum atomic E-state index is 11.1. The highest BCUT2D eigenvalue weighted by Crippen LogP contribution is 2.21. The van der Waals surface area contributed by atoms with E-state index in [4.69, 9.17) is 4.74 Å². The average molecular weight is 331 g/mol. The molecule has 1 saturated heterocycles. The van der Waals surface area contributed by atoms with Crippen LogP contribution in [0.1, 0.15) is 43.2 Å². The van der Waals surface area contributed by atoms with Crippen LogP contribution in [0.3, 0.4) is 0 Å². The highest BCUT2D eigenvalue weighted by molar-refractivity contribution is 8.15. The van der Waals surface area contributed by atoms with Gasteiger partial charge in [-0.05, 0) is 30.0 Å². The predicted octanol–water partition coefficient (Wildman–Crippen LogP) is 3.09. The average Bonchev–Trinajstić information content (AvgIpc) is 3.00. The standard InChI is InChI=1S/C17H21N3O2S/c21-16-12-23-17(19-16)20-18-10-13-5-4-6-14(9-13)11-22-15-7-2-1-3-8-15/h4-6,9-10,15H,1-3,7-8,11-12H2,(H,19,20,21). The highest BCUT2D eigenvalue weighted by atomic mass is 32.2. The quantitative estimate of drug-likeness (QED) is 0.666. The lowest BCUT2D eigenvalue weighted by Gasteiger charge is -2.22. The van der Waals surface area contributed by atoms with Crippen molar-refractivity contribution in [3.05, 3.63) is 35.4 Å². The van der Waals surface area contributed by atoms with Gasteiger partial charge in [0.25, 0.3) is 0 Å². The van der Waals surface area contributed by atoms with Crippen LogP contribution in [0.4, 0.5) is 0 Å². The van der Waals surface area contributed by atoms with E-state index in [-0.39, 0.29) is 5.91 Å². The lowest BCUT2D eigenvalue weighted by molar-refractivity contribution is -0.116. The summed E-state index contributed by atoms with van der Waals surface area (Å²) in [6, 6.07) is 8.11. The monoisotopic (exact) mass is 331 g/mol. The molecule has 1 heterocycles. The Hall–Kier alpha value is -1.66. The van der Waals surface area contributed by atoms with Crippen molar-refractivity contribution < 1.29 is 9.53 Å². The van der Waals surface area contributed by atoms with Gasteiger partial charge in [0, 0.05) is 0 Å². The van der Waals surface area contributed by atoms with E-state index >= 15 is 0 Å². The summed E-state index contributed by atoms with van der Waals surface area (Å²) in [6.07, 6.45) is 8.38. The largest absolute Gasteiger partial charge is 0.374 e. The molecule has 0 radical (unpaired) electrons. The van der Waals surface area contributed by atoms with Gasteiger partial charge in [-0.2, -0.15) is 5.10 Å². The number of ether oxygens (including phenoxy) is 1. The maximum absolute atomic E-state index is 11.1. The van der Waals surface area contributed by atoms with Crippen LogP contribution in [0.25, 0.3) is 0 Å². The summed E-state index contributed by atoms with van der Waals surface area (Å²) < 4.78 is 6.00. The molecule has 0 spiro atoms. The molecular formula is C17H21N3O2S. The van der Waals surface area contributed by atoms with E-state index < -0.39 is 0 Å². The Morgan fingerprint density at radius 3 is 2.96 bits per heavy atom. The van der Waals surface area contributed by atoms with Crippen molar-refractivity contribution >= 4 is 29.1 Å². The van der Waals surface area contributed by atoms with Gasteiger partial charge in [0.15, 0.2) is 5.17 Å². The Labute approximate surface area is 140 Å². The van der Waals surface area contributed by atoms with Crippen molar-refractivity contribution in [3.8, 4) is 0 Å². The van der Waals surface area contributed by atoms with Gasteiger partial charge in [0.2, 0.25) is 5.91 Å². The van der Waals surface area contributed by atoms with Gasteiger partial charge in [-0.3, -0.25) is 4.79 Å². The Morgan fingerprint density at radius 1 is 1.30 bits per heavy atom. The number of carbonyl (C=O) groups excluding carboxylic acids is 1. The topological polar surface area (TPSA) is 63.0 Å². The zero-order valence-electron chi connectivity index (χ0n) is 13.0. The van der Waals surface area contributed by atoms with Crippen LogP contribution in [0.15, 0.2) is 34.5 Å². The van der Waals surface area contributed by atoms with Crippen LogP contribution >= 0.6 is 11.8 Å². The molecular weight excluding hydrogens is 310 g/mol. The van der Waals surface area contributed by atoms with Crippen molar-refractivity contribution in [1.29, 1.82) is 0 Å².